The Kier molecular flexibility index (Phi) is 8.51. The van der Waals surface area contributed by atoms with Gasteiger partial charge < -0.3 is 14.6 Å². The van der Waals surface area contributed by atoms with Gasteiger partial charge in [-0.1, -0.05) is 32.6 Å². The minimum Gasteiger partial charge on any atom is -0.383 e. The van der Waals surface area contributed by atoms with Gasteiger partial charge in [0.1, 0.15) is 5.82 Å². The lowest BCUT2D eigenvalue weighted by molar-refractivity contribution is 0.199. The predicted octanol–water partition coefficient (Wildman–Crippen LogP) is 2.59. The molecule has 0 aliphatic rings. The van der Waals surface area contributed by atoms with E-state index in [0.717, 1.165) is 32.1 Å². The van der Waals surface area contributed by atoms with Gasteiger partial charge in [-0.3, -0.25) is 0 Å². The molecule has 1 heterocycles. The molecule has 0 aliphatic carbocycles. The second kappa shape index (κ2) is 10.1. The molecule has 18 heavy (non-hydrogen) atoms. The Hall–Kier alpha value is -0.870. The van der Waals surface area contributed by atoms with Crippen molar-refractivity contribution in [2.45, 2.75) is 52.1 Å². The molecular weight excluding hydrogens is 226 g/mol. The summed E-state index contributed by atoms with van der Waals surface area (Å²) in [4.78, 5) is 4.39. The van der Waals surface area contributed by atoms with Crippen LogP contribution in [0.15, 0.2) is 12.4 Å². The van der Waals surface area contributed by atoms with Gasteiger partial charge in [0, 0.05) is 32.6 Å². The lowest BCUT2D eigenvalue weighted by atomic mass is 10.1. The molecule has 0 aliphatic heterocycles. The van der Waals surface area contributed by atoms with Crippen LogP contribution in [-0.4, -0.2) is 29.8 Å². The van der Waals surface area contributed by atoms with Crippen LogP contribution in [0.2, 0.25) is 0 Å². The number of rotatable bonds is 11. The van der Waals surface area contributed by atoms with Gasteiger partial charge >= 0.3 is 0 Å². The zero-order valence-corrected chi connectivity index (χ0v) is 11.8. The van der Waals surface area contributed by atoms with E-state index in [4.69, 9.17) is 4.74 Å². The fourth-order valence-electron chi connectivity index (χ4n) is 1.97. The molecule has 1 aromatic heterocycles. The van der Waals surface area contributed by atoms with E-state index >= 15 is 0 Å². The molecule has 1 rings (SSSR count). The Balaban J connectivity index is 2.18. The number of hydrogen-bond donors (Lipinski definition) is 1. The van der Waals surface area contributed by atoms with Gasteiger partial charge in [0.05, 0.1) is 13.2 Å². The summed E-state index contributed by atoms with van der Waals surface area (Å²) < 4.78 is 7.26. The normalized spacial score (nSPS) is 11.0. The maximum atomic E-state index is 5.00. The number of aromatic nitrogens is 2. The van der Waals surface area contributed by atoms with Crippen molar-refractivity contribution in [2.75, 3.05) is 20.3 Å². The highest BCUT2D eigenvalue weighted by Gasteiger charge is 2.01. The van der Waals surface area contributed by atoms with Crippen molar-refractivity contribution in [1.29, 1.82) is 0 Å². The molecule has 0 saturated heterocycles. The Morgan fingerprint density at radius 2 is 2.11 bits per heavy atom. The van der Waals surface area contributed by atoms with E-state index in [1.807, 2.05) is 6.20 Å². The third-order valence-corrected chi connectivity index (χ3v) is 3.07. The number of methoxy groups -OCH3 is 1. The third-order valence-electron chi connectivity index (χ3n) is 3.07. The second-order valence-electron chi connectivity index (χ2n) is 4.62. The molecule has 0 atom stereocenters. The summed E-state index contributed by atoms with van der Waals surface area (Å²) in [5, 5.41) is 3.33. The van der Waals surface area contributed by atoms with Crippen LogP contribution in [0.4, 0.5) is 0 Å². The van der Waals surface area contributed by atoms with Crippen molar-refractivity contribution < 1.29 is 4.74 Å². The van der Waals surface area contributed by atoms with Gasteiger partial charge in [0.2, 0.25) is 0 Å². The smallest absolute Gasteiger partial charge is 0.122 e. The number of nitrogens with zero attached hydrogens (tertiary/aromatic N) is 2. The molecule has 1 N–H and O–H groups in total. The summed E-state index contributed by atoms with van der Waals surface area (Å²) in [6.07, 6.45) is 10.6. The summed E-state index contributed by atoms with van der Waals surface area (Å²) in [6.45, 7) is 5.79. The van der Waals surface area contributed by atoms with E-state index in [2.05, 4.69) is 28.0 Å². The maximum absolute atomic E-state index is 5.00. The van der Waals surface area contributed by atoms with Crippen molar-refractivity contribution in [1.82, 2.24) is 14.9 Å². The van der Waals surface area contributed by atoms with Crippen LogP contribution in [-0.2, 0) is 17.8 Å². The van der Waals surface area contributed by atoms with E-state index in [0.29, 0.717) is 0 Å². The monoisotopic (exact) mass is 253 g/mol. The summed E-state index contributed by atoms with van der Waals surface area (Å²) in [6, 6.07) is 0. The molecule has 0 bridgehead atoms. The Labute approximate surface area is 111 Å². The highest BCUT2D eigenvalue weighted by Crippen LogP contribution is 2.06. The van der Waals surface area contributed by atoms with Gasteiger partial charge in [-0.15, -0.1) is 0 Å². The van der Waals surface area contributed by atoms with E-state index in [-0.39, 0.29) is 0 Å². The first-order chi connectivity index (χ1) is 8.88. The minimum atomic E-state index is 0.748. The summed E-state index contributed by atoms with van der Waals surface area (Å²) >= 11 is 0. The average molecular weight is 253 g/mol. The molecule has 0 aromatic carbocycles. The van der Waals surface area contributed by atoms with Gasteiger partial charge in [-0.05, 0) is 6.42 Å². The topological polar surface area (TPSA) is 39.1 Å². The summed E-state index contributed by atoms with van der Waals surface area (Å²) in [5.41, 5.74) is 0. The average Bonchev–Trinajstić information content (AvgIpc) is 2.82. The van der Waals surface area contributed by atoms with E-state index in [9.17, 15) is 0 Å². The number of unbranched alkanes of at least 4 members (excludes halogenated alkanes) is 4. The van der Waals surface area contributed by atoms with Crippen molar-refractivity contribution in [2.24, 2.45) is 0 Å². The molecule has 0 fully saturated rings. The first-order valence-corrected chi connectivity index (χ1v) is 7.08. The molecular formula is C14H27N3O. The third kappa shape index (κ3) is 6.17. The Morgan fingerprint density at radius 1 is 1.28 bits per heavy atom. The maximum Gasteiger partial charge on any atom is 0.122 e. The predicted molar refractivity (Wildman–Crippen MR) is 74.6 cm³/mol. The fraction of sp³-hybridized carbons (Fsp3) is 0.786. The van der Waals surface area contributed by atoms with Crippen LogP contribution in [0.5, 0.6) is 0 Å². The van der Waals surface area contributed by atoms with Crippen molar-refractivity contribution in [3.8, 4) is 0 Å². The molecule has 0 unspecified atom stereocenters. The van der Waals surface area contributed by atoms with Gasteiger partial charge in [-0.25, -0.2) is 4.98 Å². The zero-order chi connectivity index (χ0) is 13.1. The lowest BCUT2D eigenvalue weighted by Gasteiger charge is -2.08. The minimum absolute atomic E-state index is 0.748. The standard InChI is InChI=1S/C14H27N3O/c1-3-4-5-6-7-10-17-11-8-16-14(17)13-15-9-12-18-2/h8,11,15H,3-7,9-10,12-13H2,1-2H3. The number of imidazole rings is 1. The zero-order valence-electron chi connectivity index (χ0n) is 11.8. The van der Waals surface area contributed by atoms with Crippen molar-refractivity contribution >= 4 is 0 Å². The van der Waals surface area contributed by atoms with E-state index in [1.54, 1.807) is 7.11 Å². The first-order valence-electron chi connectivity index (χ1n) is 7.08. The molecule has 1 aromatic rings. The quantitative estimate of drug-likeness (QED) is 0.616. The van der Waals surface area contributed by atoms with Gasteiger partial charge in [0.25, 0.3) is 0 Å². The lowest BCUT2D eigenvalue weighted by Crippen LogP contribution is -2.21. The number of hydrogen-bond acceptors (Lipinski definition) is 3. The molecule has 104 valence electrons. The molecule has 0 saturated carbocycles. The Morgan fingerprint density at radius 3 is 2.89 bits per heavy atom. The van der Waals surface area contributed by atoms with Gasteiger partial charge in [0.15, 0.2) is 0 Å². The van der Waals surface area contributed by atoms with E-state index in [1.165, 1.54) is 32.1 Å². The van der Waals surface area contributed by atoms with Crippen LogP contribution in [0.25, 0.3) is 0 Å². The van der Waals surface area contributed by atoms with E-state index < -0.39 is 0 Å². The van der Waals surface area contributed by atoms with Crippen LogP contribution in [0, 0.1) is 0 Å². The summed E-state index contributed by atoms with van der Waals surface area (Å²) in [7, 11) is 1.72. The molecule has 4 nitrogen and oxygen atoms in total. The number of aryl methyl sites for hydroxylation is 1. The van der Waals surface area contributed by atoms with Crippen molar-refractivity contribution in [3.05, 3.63) is 18.2 Å². The van der Waals surface area contributed by atoms with Crippen LogP contribution >= 0.6 is 0 Å². The number of nitrogens with one attached hydrogen (secondary N) is 1. The van der Waals surface area contributed by atoms with Crippen LogP contribution < -0.4 is 5.32 Å². The Bertz CT molecular complexity index is 299. The second-order valence-corrected chi connectivity index (χ2v) is 4.62. The SMILES string of the molecule is CCCCCCCn1ccnc1CNCCOC. The molecule has 4 heteroatoms. The molecule has 0 radical (unpaired) electrons. The highest BCUT2D eigenvalue weighted by molar-refractivity contribution is 4.91. The first kappa shape index (κ1) is 15.2. The molecule has 0 spiro atoms. The number of ether oxygens (including phenoxy) is 1. The van der Waals surface area contributed by atoms with Gasteiger partial charge in [-0.2, -0.15) is 0 Å². The van der Waals surface area contributed by atoms with Crippen molar-refractivity contribution in [3.63, 3.8) is 0 Å². The van der Waals surface area contributed by atoms with Crippen LogP contribution in [0.1, 0.15) is 44.9 Å². The molecule has 0 amide bonds. The highest BCUT2D eigenvalue weighted by atomic mass is 16.5. The van der Waals surface area contributed by atoms with Crippen LogP contribution in [0.3, 0.4) is 0 Å². The fourth-order valence-corrected chi connectivity index (χ4v) is 1.97. The largest absolute Gasteiger partial charge is 0.383 e. The summed E-state index contributed by atoms with van der Waals surface area (Å²) in [5.74, 6) is 1.13.